The topological polar surface area (TPSA) is 72.8 Å². The lowest BCUT2D eigenvalue weighted by atomic mass is 9.46. The maximum absolute atomic E-state index is 11.6. The van der Waals surface area contributed by atoms with Crippen molar-refractivity contribution in [2.45, 2.75) is 84.3 Å². The Bertz CT molecular complexity index is 684. The number of ether oxygens (including phenoxy) is 2. The standard InChI is InChI=1S/C23H34O5/c1-14(25)27-17-8-11-23(13-24)16(12-17)4-5-18-19-6-7-21(28-15(2)26)22(19,3)10-9-20(18)23/h6,16-18,20-21,24H,4-5,7-13H2,1-3H3/t16?,17?,18-,20+,21?,22-,23+/m0/s1. The quantitative estimate of drug-likeness (QED) is 0.586. The lowest BCUT2D eigenvalue weighted by molar-refractivity contribution is -0.162. The number of hydrogen-bond donors (Lipinski definition) is 1. The van der Waals surface area contributed by atoms with E-state index in [2.05, 4.69) is 13.0 Å². The summed E-state index contributed by atoms with van der Waals surface area (Å²) in [6.45, 7) is 5.48. The molecule has 0 aromatic heterocycles. The molecule has 0 aromatic rings. The van der Waals surface area contributed by atoms with Gasteiger partial charge < -0.3 is 14.6 Å². The van der Waals surface area contributed by atoms with Crippen molar-refractivity contribution in [3.63, 3.8) is 0 Å². The van der Waals surface area contributed by atoms with Crippen molar-refractivity contribution >= 4 is 11.9 Å². The van der Waals surface area contributed by atoms with Crippen LogP contribution in [0.15, 0.2) is 11.6 Å². The average molecular weight is 391 g/mol. The molecular formula is C23H34O5. The van der Waals surface area contributed by atoms with E-state index in [1.807, 2.05) is 0 Å². The average Bonchev–Trinajstić information content (AvgIpc) is 2.97. The van der Waals surface area contributed by atoms with Gasteiger partial charge in [0.05, 0.1) is 0 Å². The molecule has 3 saturated carbocycles. The first-order valence-electron chi connectivity index (χ1n) is 11.0. The zero-order valence-electron chi connectivity index (χ0n) is 17.4. The van der Waals surface area contributed by atoms with Crippen molar-refractivity contribution in [1.82, 2.24) is 0 Å². The van der Waals surface area contributed by atoms with Gasteiger partial charge in [-0.1, -0.05) is 18.6 Å². The van der Waals surface area contributed by atoms with Crippen LogP contribution in [-0.4, -0.2) is 35.9 Å². The number of carbonyl (C=O) groups is 2. The third-order valence-corrected chi connectivity index (χ3v) is 8.57. The molecule has 0 saturated heterocycles. The monoisotopic (exact) mass is 390 g/mol. The smallest absolute Gasteiger partial charge is 0.302 e. The predicted octanol–water partition coefficient (Wildman–Crippen LogP) is 3.79. The second-order valence-electron chi connectivity index (χ2n) is 9.83. The Morgan fingerprint density at radius 1 is 1.11 bits per heavy atom. The lowest BCUT2D eigenvalue weighted by Crippen LogP contribution is -2.55. The minimum absolute atomic E-state index is 0.00613. The Hall–Kier alpha value is -1.36. The van der Waals surface area contributed by atoms with E-state index >= 15 is 0 Å². The third kappa shape index (κ3) is 3.01. The van der Waals surface area contributed by atoms with Crippen molar-refractivity contribution in [2.75, 3.05) is 6.61 Å². The maximum atomic E-state index is 11.6. The molecule has 0 aliphatic heterocycles. The first-order chi connectivity index (χ1) is 13.3. The molecule has 4 aliphatic rings. The van der Waals surface area contributed by atoms with Crippen LogP contribution in [0.4, 0.5) is 0 Å². The normalized spacial score (nSPS) is 44.6. The maximum Gasteiger partial charge on any atom is 0.302 e. The molecular weight excluding hydrogens is 356 g/mol. The first-order valence-corrected chi connectivity index (χ1v) is 11.0. The molecule has 5 nitrogen and oxygen atoms in total. The van der Waals surface area contributed by atoms with Gasteiger partial charge in [0, 0.05) is 32.3 Å². The van der Waals surface area contributed by atoms with E-state index in [-0.39, 0.29) is 41.6 Å². The molecule has 3 fully saturated rings. The van der Waals surface area contributed by atoms with Crippen LogP contribution in [0, 0.1) is 28.6 Å². The molecule has 4 aliphatic carbocycles. The van der Waals surface area contributed by atoms with E-state index in [0.717, 1.165) is 51.4 Å². The molecule has 3 unspecified atom stereocenters. The highest BCUT2D eigenvalue weighted by atomic mass is 16.5. The highest BCUT2D eigenvalue weighted by molar-refractivity contribution is 5.66. The van der Waals surface area contributed by atoms with Gasteiger partial charge in [0.15, 0.2) is 0 Å². The zero-order valence-corrected chi connectivity index (χ0v) is 17.4. The van der Waals surface area contributed by atoms with E-state index in [9.17, 15) is 14.7 Å². The number of hydrogen-bond acceptors (Lipinski definition) is 5. The number of aliphatic hydroxyl groups is 1. The lowest BCUT2D eigenvalue weighted by Gasteiger charge is -2.60. The van der Waals surface area contributed by atoms with Crippen LogP contribution in [-0.2, 0) is 19.1 Å². The van der Waals surface area contributed by atoms with Gasteiger partial charge in [-0.2, -0.15) is 0 Å². The first kappa shape index (κ1) is 19.9. The summed E-state index contributed by atoms with van der Waals surface area (Å²) in [6, 6.07) is 0. The Kier molecular flexibility index (Phi) is 5.09. The van der Waals surface area contributed by atoms with Gasteiger partial charge in [0.2, 0.25) is 0 Å². The van der Waals surface area contributed by atoms with Gasteiger partial charge in [-0.3, -0.25) is 9.59 Å². The minimum Gasteiger partial charge on any atom is -0.463 e. The summed E-state index contributed by atoms with van der Waals surface area (Å²) >= 11 is 0. The van der Waals surface area contributed by atoms with E-state index in [1.54, 1.807) is 0 Å². The number of esters is 2. The van der Waals surface area contributed by atoms with Gasteiger partial charge >= 0.3 is 11.9 Å². The molecule has 4 rings (SSSR count). The largest absolute Gasteiger partial charge is 0.463 e. The molecule has 156 valence electrons. The van der Waals surface area contributed by atoms with Gasteiger partial charge in [-0.05, 0) is 68.1 Å². The van der Waals surface area contributed by atoms with E-state index in [4.69, 9.17) is 9.47 Å². The summed E-state index contributed by atoms with van der Waals surface area (Å²) in [5.74, 6) is 0.990. The fourth-order valence-electron chi connectivity index (χ4n) is 7.34. The second kappa shape index (κ2) is 7.16. The van der Waals surface area contributed by atoms with Crippen molar-refractivity contribution in [2.24, 2.45) is 28.6 Å². The van der Waals surface area contributed by atoms with Crippen molar-refractivity contribution in [3.8, 4) is 0 Å². The minimum atomic E-state index is -0.198. The molecule has 0 heterocycles. The van der Waals surface area contributed by atoms with Crippen LogP contribution in [0.1, 0.15) is 72.1 Å². The van der Waals surface area contributed by atoms with Gasteiger partial charge in [0.25, 0.3) is 0 Å². The Balaban J connectivity index is 1.56. The van der Waals surface area contributed by atoms with Crippen LogP contribution in [0.25, 0.3) is 0 Å². The number of carbonyl (C=O) groups excluding carboxylic acids is 2. The molecule has 0 spiro atoms. The molecule has 1 N–H and O–H groups in total. The summed E-state index contributed by atoms with van der Waals surface area (Å²) in [7, 11) is 0. The summed E-state index contributed by atoms with van der Waals surface area (Å²) in [4.78, 5) is 23.0. The van der Waals surface area contributed by atoms with Crippen LogP contribution < -0.4 is 0 Å². The molecule has 7 atom stereocenters. The van der Waals surface area contributed by atoms with E-state index in [1.165, 1.54) is 19.4 Å². The molecule has 0 bridgehead atoms. The van der Waals surface area contributed by atoms with Gasteiger partial charge in [-0.25, -0.2) is 0 Å². The highest BCUT2D eigenvalue weighted by Crippen LogP contribution is 2.65. The molecule has 28 heavy (non-hydrogen) atoms. The fraction of sp³-hybridized carbons (Fsp3) is 0.826. The van der Waals surface area contributed by atoms with Crippen LogP contribution in [0.2, 0.25) is 0 Å². The third-order valence-electron chi connectivity index (χ3n) is 8.57. The van der Waals surface area contributed by atoms with Crippen LogP contribution in [0.5, 0.6) is 0 Å². The van der Waals surface area contributed by atoms with Crippen LogP contribution in [0.3, 0.4) is 0 Å². The van der Waals surface area contributed by atoms with Crippen LogP contribution >= 0.6 is 0 Å². The van der Waals surface area contributed by atoms with Gasteiger partial charge in [0.1, 0.15) is 12.2 Å². The van der Waals surface area contributed by atoms with Crippen molar-refractivity contribution in [1.29, 1.82) is 0 Å². The Labute approximate surface area is 167 Å². The van der Waals surface area contributed by atoms with E-state index < -0.39 is 0 Å². The SMILES string of the molecule is CC(=O)OC1CC[C@@]2(CO)C(CC[C@H]3C4=CCC(OC(C)=O)[C@@]4(C)CC[C@H]32)C1. The molecule has 0 radical (unpaired) electrons. The second-order valence-corrected chi connectivity index (χ2v) is 9.83. The Morgan fingerprint density at radius 2 is 1.86 bits per heavy atom. The molecule has 0 amide bonds. The Morgan fingerprint density at radius 3 is 2.54 bits per heavy atom. The number of rotatable bonds is 3. The molecule has 5 heteroatoms. The number of fused-ring (bicyclic) bond motifs is 5. The van der Waals surface area contributed by atoms with Crippen molar-refractivity contribution in [3.05, 3.63) is 11.6 Å². The predicted molar refractivity (Wildman–Crippen MR) is 104 cm³/mol. The van der Waals surface area contributed by atoms with Crippen molar-refractivity contribution < 1.29 is 24.2 Å². The number of aliphatic hydroxyl groups excluding tert-OH is 1. The summed E-state index contributed by atoms with van der Waals surface area (Å²) in [5.41, 5.74) is 1.37. The summed E-state index contributed by atoms with van der Waals surface area (Å²) in [6.07, 6.45) is 10.1. The summed E-state index contributed by atoms with van der Waals surface area (Å²) < 4.78 is 11.2. The zero-order chi connectivity index (χ0) is 20.1. The summed E-state index contributed by atoms with van der Waals surface area (Å²) in [5, 5.41) is 10.6. The highest BCUT2D eigenvalue weighted by Gasteiger charge is 2.59. The van der Waals surface area contributed by atoms with Gasteiger partial charge in [-0.15, -0.1) is 0 Å². The van der Waals surface area contributed by atoms with E-state index in [0.29, 0.717) is 17.8 Å². The molecule has 0 aromatic carbocycles. The fourth-order valence-corrected chi connectivity index (χ4v) is 7.34.